The molecule has 1 N–H and O–H groups in total. The molecule has 0 atom stereocenters. The second-order valence-electron chi connectivity index (χ2n) is 7.00. The van der Waals surface area contributed by atoms with Crippen molar-refractivity contribution in [3.8, 4) is 23.0 Å². The number of carbonyl (C=O) groups is 2. The first-order chi connectivity index (χ1) is 16.4. The van der Waals surface area contributed by atoms with Crippen LogP contribution in [0.1, 0.15) is 31.8 Å². The molecule has 3 rings (SSSR count). The molecule has 9 heteroatoms. The molecule has 0 aliphatic rings. The van der Waals surface area contributed by atoms with Gasteiger partial charge in [-0.05, 0) is 48.9 Å². The molecule has 0 spiro atoms. The lowest BCUT2D eigenvalue weighted by atomic mass is 10.1. The number of nitrogens with zero attached hydrogens (tertiary/aromatic N) is 1. The molecular weight excluding hydrogens is 504 g/mol. The molecule has 34 heavy (non-hydrogen) atoms. The Kier molecular flexibility index (Phi) is 8.26. The van der Waals surface area contributed by atoms with Crippen LogP contribution in [0.2, 0.25) is 0 Å². The average Bonchev–Trinajstić information content (AvgIpc) is 2.84. The topological polar surface area (TPSA) is 95.5 Å². The molecule has 0 aliphatic carbocycles. The van der Waals surface area contributed by atoms with E-state index in [9.17, 15) is 9.59 Å². The number of aryl methyl sites for hydroxylation is 1. The van der Waals surface area contributed by atoms with Crippen molar-refractivity contribution >= 4 is 34.0 Å². The van der Waals surface area contributed by atoms with Gasteiger partial charge in [0.15, 0.2) is 11.5 Å². The molecule has 3 aromatic rings. The van der Waals surface area contributed by atoms with Crippen LogP contribution in [0.5, 0.6) is 23.0 Å². The van der Waals surface area contributed by atoms with Gasteiger partial charge in [0.2, 0.25) is 5.75 Å². The molecule has 0 radical (unpaired) electrons. The molecule has 0 heterocycles. The molecular formula is C25H23BrN2O6. The van der Waals surface area contributed by atoms with Crippen molar-refractivity contribution in [1.29, 1.82) is 0 Å². The highest BCUT2D eigenvalue weighted by Crippen LogP contribution is 2.38. The van der Waals surface area contributed by atoms with E-state index in [1.807, 2.05) is 19.1 Å². The number of amides is 1. The molecule has 0 bridgehead atoms. The van der Waals surface area contributed by atoms with Gasteiger partial charge >= 0.3 is 5.97 Å². The third-order valence-electron chi connectivity index (χ3n) is 4.84. The first-order valence-electron chi connectivity index (χ1n) is 10.1. The molecule has 0 aliphatic heterocycles. The van der Waals surface area contributed by atoms with Gasteiger partial charge in [-0.3, -0.25) is 4.79 Å². The predicted molar refractivity (Wildman–Crippen MR) is 131 cm³/mol. The van der Waals surface area contributed by atoms with E-state index in [0.717, 1.165) is 10.0 Å². The van der Waals surface area contributed by atoms with Crippen LogP contribution in [0.25, 0.3) is 0 Å². The van der Waals surface area contributed by atoms with Gasteiger partial charge in [-0.2, -0.15) is 5.10 Å². The summed E-state index contributed by atoms with van der Waals surface area (Å²) in [6.45, 7) is 1.83. The summed E-state index contributed by atoms with van der Waals surface area (Å²) in [6.07, 6.45) is 1.39. The van der Waals surface area contributed by atoms with Gasteiger partial charge in [0.25, 0.3) is 5.91 Å². The number of hydrogen-bond donors (Lipinski definition) is 1. The minimum atomic E-state index is -0.496. The molecule has 0 unspecified atom stereocenters. The Labute approximate surface area is 205 Å². The number of methoxy groups -OCH3 is 3. The Hall–Kier alpha value is -3.85. The summed E-state index contributed by atoms with van der Waals surface area (Å²) in [5.41, 5.74) is 4.46. The number of hydrazone groups is 1. The van der Waals surface area contributed by atoms with Crippen molar-refractivity contribution in [3.63, 3.8) is 0 Å². The van der Waals surface area contributed by atoms with E-state index < -0.39 is 11.9 Å². The van der Waals surface area contributed by atoms with Crippen LogP contribution in [-0.2, 0) is 0 Å². The Morgan fingerprint density at radius 3 is 2.21 bits per heavy atom. The van der Waals surface area contributed by atoms with E-state index in [1.165, 1.54) is 39.7 Å². The van der Waals surface area contributed by atoms with Crippen LogP contribution in [0.4, 0.5) is 0 Å². The zero-order chi connectivity index (χ0) is 24.7. The number of esters is 1. The van der Waals surface area contributed by atoms with E-state index in [-0.39, 0.29) is 5.56 Å². The first-order valence-corrected chi connectivity index (χ1v) is 10.9. The number of benzene rings is 3. The Morgan fingerprint density at radius 1 is 0.912 bits per heavy atom. The van der Waals surface area contributed by atoms with Crippen molar-refractivity contribution in [2.24, 2.45) is 5.10 Å². The number of nitrogens with one attached hydrogen (secondary N) is 1. The van der Waals surface area contributed by atoms with Gasteiger partial charge in [0, 0.05) is 15.6 Å². The Balaban J connectivity index is 1.80. The molecule has 0 fully saturated rings. The van der Waals surface area contributed by atoms with Crippen molar-refractivity contribution in [2.45, 2.75) is 6.92 Å². The van der Waals surface area contributed by atoms with Crippen LogP contribution < -0.4 is 24.4 Å². The summed E-state index contributed by atoms with van der Waals surface area (Å²) < 4.78 is 22.2. The summed E-state index contributed by atoms with van der Waals surface area (Å²) >= 11 is 3.39. The smallest absolute Gasteiger partial charge is 0.343 e. The predicted octanol–water partition coefficient (Wildman–Crippen LogP) is 4.77. The largest absolute Gasteiger partial charge is 0.493 e. The molecule has 3 aromatic carbocycles. The third-order valence-corrected chi connectivity index (χ3v) is 5.33. The zero-order valence-corrected chi connectivity index (χ0v) is 20.6. The highest BCUT2D eigenvalue weighted by molar-refractivity contribution is 9.10. The van der Waals surface area contributed by atoms with Gasteiger partial charge in [0.05, 0.1) is 33.1 Å². The van der Waals surface area contributed by atoms with E-state index >= 15 is 0 Å². The quantitative estimate of drug-likeness (QED) is 0.196. The summed E-state index contributed by atoms with van der Waals surface area (Å²) in [4.78, 5) is 25.3. The highest BCUT2D eigenvalue weighted by atomic mass is 79.9. The second-order valence-corrected chi connectivity index (χ2v) is 7.92. The number of hydrogen-bond acceptors (Lipinski definition) is 7. The van der Waals surface area contributed by atoms with Crippen molar-refractivity contribution in [3.05, 3.63) is 81.3 Å². The summed E-state index contributed by atoms with van der Waals surface area (Å²) in [5, 5.41) is 4.02. The number of ether oxygens (including phenoxy) is 4. The summed E-state index contributed by atoms with van der Waals surface area (Å²) in [7, 11) is 4.40. The molecule has 8 nitrogen and oxygen atoms in total. The van der Waals surface area contributed by atoms with E-state index in [1.54, 1.807) is 30.3 Å². The van der Waals surface area contributed by atoms with Gasteiger partial charge in [0.1, 0.15) is 5.75 Å². The van der Waals surface area contributed by atoms with E-state index in [2.05, 4.69) is 26.5 Å². The highest BCUT2D eigenvalue weighted by Gasteiger charge is 2.17. The summed E-state index contributed by atoms with van der Waals surface area (Å²) in [5.74, 6) is 0.365. The van der Waals surface area contributed by atoms with Crippen LogP contribution >= 0.6 is 15.9 Å². The normalized spacial score (nSPS) is 10.6. The third kappa shape index (κ3) is 5.74. The number of halogens is 1. The molecule has 0 saturated carbocycles. The zero-order valence-electron chi connectivity index (χ0n) is 19.0. The Morgan fingerprint density at radius 2 is 1.59 bits per heavy atom. The van der Waals surface area contributed by atoms with Crippen molar-refractivity contribution in [2.75, 3.05) is 21.3 Å². The van der Waals surface area contributed by atoms with Crippen molar-refractivity contribution < 1.29 is 28.5 Å². The van der Waals surface area contributed by atoms with E-state index in [0.29, 0.717) is 34.1 Å². The molecule has 0 saturated heterocycles. The van der Waals surface area contributed by atoms with E-state index in [4.69, 9.17) is 18.9 Å². The standard InChI is InChI=1S/C25H23BrN2O6/c1-15-7-5-6-8-19(15)25(30)34-20-10-9-18(26)11-17(20)14-27-28-24(29)16-12-21(31-2)23(33-4)22(13-16)32-3/h5-14H,1-4H3,(H,28,29). The SMILES string of the molecule is COc1cc(C(=O)NN=Cc2cc(Br)ccc2OC(=O)c2ccccc2C)cc(OC)c1OC. The van der Waals surface area contributed by atoms with Gasteiger partial charge < -0.3 is 18.9 Å². The van der Waals surface area contributed by atoms with Gasteiger partial charge in [-0.25, -0.2) is 10.2 Å². The van der Waals surface area contributed by atoms with Crippen LogP contribution in [0, 0.1) is 6.92 Å². The fourth-order valence-corrected chi connectivity index (χ4v) is 3.49. The average molecular weight is 527 g/mol. The number of rotatable bonds is 8. The lowest BCUT2D eigenvalue weighted by molar-refractivity contribution is 0.0733. The molecule has 1 amide bonds. The van der Waals surface area contributed by atoms with Gasteiger partial charge in [-0.15, -0.1) is 0 Å². The van der Waals surface area contributed by atoms with Crippen LogP contribution in [0.3, 0.4) is 0 Å². The number of carbonyl (C=O) groups excluding carboxylic acids is 2. The monoisotopic (exact) mass is 526 g/mol. The molecule has 0 aromatic heterocycles. The van der Waals surface area contributed by atoms with Crippen LogP contribution in [-0.4, -0.2) is 39.4 Å². The minimum Gasteiger partial charge on any atom is -0.493 e. The van der Waals surface area contributed by atoms with Gasteiger partial charge in [-0.1, -0.05) is 34.1 Å². The summed E-state index contributed by atoms with van der Waals surface area (Å²) in [6, 6.07) is 15.3. The fourth-order valence-electron chi connectivity index (χ4n) is 3.11. The second kappa shape index (κ2) is 11.3. The Bertz CT molecular complexity index is 1220. The first kappa shape index (κ1) is 24.8. The van der Waals surface area contributed by atoms with Crippen LogP contribution in [0.15, 0.2) is 64.2 Å². The maximum atomic E-state index is 12.7. The lowest BCUT2D eigenvalue weighted by Crippen LogP contribution is -2.18. The maximum absolute atomic E-state index is 12.7. The maximum Gasteiger partial charge on any atom is 0.343 e. The van der Waals surface area contributed by atoms with Crippen molar-refractivity contribution in [1.82, 2.24) is 5.43 Å². The fraction of sp³-hybridized carbons (Fsp3) is 0.160. The minimum absolute atomic E-state index is 0.257. The molecule has 176 valence electrons. The lowest BCUT2D eigenvalue weighted by Gasteiger charge is -2.13.